The summed E-state index contributed by atoms with van der Waals surface area (Å²) in [6.07, 6.45) is -2.05. The summed E-state index contributed by atoms with van der Waals surface area (Å²) in [6, 6.07) is 7.97. The lowest BCUT2D eigenvalue weighted by atomic mass is 9.85. The summed E-state index contributed by atoms with van der Waals surface area (Å²) in [5, 5.41) is 3.87. The van der Waals surface area contributed by atoms with E-state index in [9.17, 15) is 36.0 Å². The summed E-state index contributed by atoms with van der Waals surface area (Å²) >= 11 is 0. The molecule has 4 aliphatic rings. The lowest BCUT2D eigenvalue weighted by Crippen LogP contribution is -2.58. The topological polar surface area (TPSA) is 171 Å². The third-order valence-corrected chi connectivity index (χ3v) is 12.9. The van der Waals surface area contributed by atoms with Gasteiger partial charge in [-0.25, -0.2) is 18.0 Å². The fourth-order valence-corrected chi connectivity index (χ4v) is 9.65. The SMILES string of the molecule is CC(C)(C)OC(=O)N1CCC2(CC1)C(=O)N(Cc1nc(-c3ccc(Oc4ccccc4S(=O)(=O)CC4CCCO4)c(C(F)(F)F)c3)no1)C(=O)N2CCC1CCOCC1. The molecule has 0 saturated carbocycles. The van der Waals surface area contributed by atoms with Crippen LogP contribution in [0.2, 0.25) is 0 Å². The molecule has 3 aromatic rings. The van der Waals surface area contributed by atoms with Gasteiger partial charge in [-0.15, -0.1) is 0 Å². The third kappa shape index (κ3) is 9.36. The van der Waals surface area contributed by atoms with Crippen LogP contribution in [0, 0.1) is 5.92 Å². The molecule has 4 amide bonds. The first-order valence-electron chi connectivity index (χ1n) is 19.8. The smallest absolute Gasteiger partial charge is 0.420 e. The van der Waals surface area contributed by atoms with Crippen molar-refractivity contribution in [1.29, 1.82) is 0 Å². The van der Waals surface area contributed by atoms with Gasteiger partial charge in [0.25, 0.3) is 5.91 Å². The Kier molecular flexibility index (Phi) is 12.0. The van der Waals surface area contributed by atoms with E-state index in [-0.39, 0.29) is 59.6 Å². The zero-order valence-electron chi connectivity index (χ0n) is 33.2. The van der Waals surface area contributed by atoms with Crippen molar-refractivity contribution in [2.45, 2.75) is 101 Å². The molecule has 59 heavy (non-hydrogen) atoms. The second-order valence-electron chi connectivity index (χ2n) is 16.4. The van der Waals surface area contributed by atoms with Crippen molar-refractivity contribution in [3.63, 3.8) is 0 Å². The number of aromatic nitrogens is 2. The molecule has 1 aromatic heterocycles. The Labute approximate surface area is 340 Å². The number of alkyl halides is 3. The van der Waals surface area contributed by atoms with Crippen molar-refractivity contribution >= 4 is 27.9 Å². The van der Waals surface area contributed by atoms with Crippen LogP contribution in [0.4, 0.5) is 22.8 Å². The average Bonchev–Trinajstić information content (AvgIpc) is 3.92. The first kappa shape index (κ1) is 42.4. The lowest BCUT2D eigenvalue weighted by Gasteiger charge is -2.42. The standard InChI is InChI=1S/C40H48F3N5O10S/c1-38(2,3)57-37(51)46-18-15-39(16-19-46)35(49)47(36(50)48(39)17-12-26-13-21-54-22-14-26)24-33-44-34(45-58-33)27-10-11-30(29(23-27)40(41,42)43)56-31-8-4-5-9-32(31)59(52,53)25-28-7-6-20-55-28/h4-5,8-11,23,26,28H,6-7,12-22,24-25H2,1-3H3. The maximum Gasteiger partial charge on any atom is 0.420 e. The van der Waals surface area contributed by atoms with Gasteiger partial charge in [0.05, 0.1) is 17.4 Å². The normalized spacial score (nSPS) is 20.5. The number of benzene rings is 2. The first-order chi connectivity index (χ1) is 27.9. The zero-order valence-corrected chi connectivity index (χ0v) is 34.0. The number of carbonyl (C=O) groups is 3. The van der Waals surface area contributed by atoms with E-state index in [2.05, 4.69) is 10.1 Å². The number of sulfone groups is 1. The molecule has 1 atom stereocenters. The zero-order chi connectivity index (χ0) is 42.2. The van der Waals surface area contributed by atoms with Gasteiger partial charge >= 0.3 is 18.3 Å². The van der Waals surface area contributed by atoms with E-state index in [1.807, 2.05) is 0 Å². The average molecular weight is 848 g/mol. The summed E-state index contributed by atoms with van der Waals surface area (Å²) < 4.78 is 97.8. The first-order valence-corrected chi connectivity index (χ1v) is 21.4. The second kappa shape index (κ2) is 16.7. The Bertz CT molecular complexity index is 2140. The largest absolute Gasteiger partial charge is 0.455 e. The van der Waals surface area contributed by atoms with Crippen molar-refractivity contribution in [3.05, 3.63) is 53.9 Å². The van der Waals surface area contributed by atoms with Crippen LogP contribution in [0.25, 0.3) is 11.4 Å². The lowest BCUT2D eigenvalue weighted by molar-refractivity contribution is -0.138. The number of nitrogens with zero attached hydrogens (tertiary/aromatic N) is 5. The molecule has 0 N–H and O–H groups in total. The summed E-state index contributed by atoms with van der Waals surface area (Å²) in [4.78, 5) is 49.4. The molecule has 1 spiro atoms. The van der Waals surface area contributed by atoms with Crippen LogP contribution < -0.4 is 4.74 Å². The number of hydrogen-bond donors (Lipinski definition) is 0. The summed E-state index contributed by atoms with van der Waals surface area (Å²) in [7, 11) is -3.99. The molecule has 4 aliphatic heterocycles. The van der Waals surface area contributed by atoms with Crippen LogP contribution in [0.5, 0.6) is 11.5 Å². The number of piperidine rings is 1. The van der Waals surface area contributed by atoms with Crippen molar-refractivity contribution in [1.82, 2.24) is 24.8 Å². The van der Waals surface area contributed by atoms with E-state index in [0.29, 0.717) is 51.5 Å². The minimum Gasteiger partial charge on any atom is -0.455 e. The van der Waals surface area contributed by atoms with Crippen molar-refractivity contribution in [2.75, 3.05) is 45.2 Å². The fourth-order valence-electron chi connectivity index (χ4n) is 8.02. The molecule has 320 valence electrons. The molecule has 0 radical (unpaired) electrons. The minimum atomic E-state index is -4.95. The molecule has 15 nitrogen and oxygen atoms in total. The molecular weight excluding hydrogens is 800 g/mol. The highest BCUT2D eigenvalue weighted by Gasteiger charge is 2.58. The molecule has 2 aromatic carbocycles. The highest BCUT2D eigenvalue weighted by atomic mass is 32.2. The Balaban J connectivity index is 1.10. The van der Waals surface area contributed by atoms with E-state index < -0.39 is 69.1 Å². The molecule has 7 rings (SSSR count). The van der Waals surface area contributed by atoms with E-state index in [1.165, 1.54) is 35.2 Å². The number of halogens is 3. The van der Waals surface area contributed by atoms with Gasteiger partial charge in [-0.05, 0) is 102 Å². The van der Waals surface area contributed by atoms with E-state index in [1.54, 1.807) is 25.7 Å². The van der Waals surface area contributed by atoms with E-state index in [0.717, 1.165) is 29.9 Å². The number of para-hydroxylation sites is 1. The van der Waals surface area contributed by atoms with Gasteiger partial charge in [-0.2, -0.15) is 18.2 Å². The predicted octanol–water partition coefficient (Wildman–Crippen LogP) is 6.85. The Morgan fingerprint density at radius 1 is 0.983 bits per heavy atom. The number of rotatable bonds is 11. The Morgan fingerprint density at radius 3 is 2.39 bits per heavy atom. The minimum absolute atomic E-state index is 0.109. The van der Waals surface area contributed by atoms with Gasteiger partial charge in [0, 0.05) is 45.0 Å². The molecule has 4 fully saturated rings. The Hall–Kier alpha value is -4.75. The number of imide groups is 1. The Morgan fingerprint density at radius 2 is 1.71 bits per heavy atom. The van der Waals surface area contributed by atoms with Crippen LogP contribution in [0.1, 0.15) is 77.2 Å². The van der Waals surface area contributed by atoms with Crippen LogP contribution in [0.15, 0.2) is 51.9 Å². The van der Waals surface area contributed by atoms with Gasteiger partial charge < -0.3 is 33.3 Å². The maximum atomic E-state index is 14.5. The fraction of sp³-hybridized carbons (Fsp3) is 0.575. The number of amides is 4. The summed E-state index contributed by atoms with van der Waals surface area (Å²) in [6.45, 7) is 7.19. The van der Waals surface area contributed by atoms with Crippen molar-refractivity contribution in [2.24, 2.45) is 5.92 Å². The number of urea groups is 1. The molecule has 19 heteroatoms. The highest BCUT2D eigenvalue weighted by molar-refractivity contribution is 7.91. The number of hydrogen-bond acceptors (Lipinski definition) is 12. The quantitative estimate of drug-likeness (QED) is 0.184. The van der Waals surface area contributed by atoms with Crippen molar-refractivity contribution < 1.29 is 59.4 Å². The van der Waals surface area contributed by atoms with Crippen LogP contribution >= 0.6 is 0 Å². The summed E-state index contributed by atoms with van der Waals surface area (Å²) in [5.74, 6) is -1.88. The number of ether oxygens (including phenoxy) is 4. The second-order valence-corrected chi connectivity index (χ2v) is 18.4. The van der Waals surface area contributed by atoms with E-state index in [4.69, 9.17) is 23.5 Å². The molecule has 4 saturated heterocycles. The molecular formula is C40H48F3N5O10S. The monoisotopic (exact) mass is 847 g/mol. The highest BCUT2D eigenvalue weighted by Crippen LogP contribution is 2.43. The molecule has 5 heterocycles. The molecule has 0 aliphatic carbocycles. The summed E-state index contributed by atoms with van der Waals surface area (Å²) in [5.41, 5.74) is -3.28. The van der Waals surface area contributed by atoms with Gasteiger partial charge in [0.2, 0.25) is 11.7 Å². The predicted molar refractivity (Wildman–Crippen MR) is 203 cm³/mol. The molecule has 0 bridgehead atoms. The van der Waals surface area contributed by atoms with Crippen LogP contribution in [-0.2, 0) is 41.6 Å². The number of likely N-dealkylation sites (tertiary alicyclic amines) is 1. The number of carbonyl (C=O) groups excluding carboxylic acids is 3. The van der Waals surface area contributed by atoms with Crippen molar-refractivity contribution in [3.8, 4) is 22.9 Å². The van der Waals surface area contributed by atoms with Gasteiger partial charge in [-0.1, -0.05) is 17.3 Å². The molecule has 1 unspecified atom stereocenters. The van der Waals surface area contributed by atoms with Gasteiger partial charge in [-0.3, -0.25) is 9.69 Å². The van der Waals surface area contributed by atoms with E-state index >= 15 is 0 Å². The third-order valence-electron chi connectivity index (χ3n) is 11.1. The van der Waals surface area contributed by atoms with Gasteiger partial charge in [0.1, 0.15) is 34.1 Å². The maximum absolute atomic E-state index is 14.5. The van der Waals surface area contributed by atoms with Crippen LogP contribution in [-0.4, -0.2) is 114 Å². The van der Waals surface area contributed by atoms with Gasteiger partial charge in [0.15, 0.2) is 9.84 Å². The van der Waals surface area contributed by atoms with Crippen LogP contribution in [0.3, 0.4) is 0 Å².